The Bertz CT molecular complexity index is 395. The monoisotopic (exact) mass is 235 g/mol. The van der Waals surface area contributed by atoms with Gasteiger partial charge in [0.2, 0.25) is 5.89 Å². The van der Waals surface area contributed by atoms with Gasteiger partial charge >= 0.3 is 0 Å². The second kappa shape index (κ2) is 4.09. The Kier molecular flexibility index (Phi) is 2.69. The fourth-order valence-electron chi connectivity index (χ4n) is 2.84. The summed E-state index contributed by atoms with van der Waals surface area (Å²) in [5, 5.41) is 4.10. The molecule has 4 nitrogen and oxygen atoms in total. The molecule has 4 heteroatoms. The molecule has 2 aliphatic carbocycles. The summed E-state index contributed by atoms with van der Waals surface area (Å²) in [5.41, 5.74) is 6.17. The zero-order valence-electron chi connectivity index (χ0n) is 10.5. The average molecular weight is 235 g/mol. The quantitative estimate of drug-likeness (QED) is 0.873. The Hall–Kier alpha value is -0.900. The van der Waals surface area contributed by atoms with Crippen LogP contribution >= 0.6 is 0 Å². The first-order valence-electron chi connectivity index (χ1n) is 6.76. The third-order valence-corrected chi connectivity index (χ3v) is 4.20. The van der Waals surface area contributed by atoms with Crippen molar-refractivity contribution >= 4 is 0 Å². The van der Waals surface area contributed by atoms with E-state index < -0.39 is 0 Å². The molecule has 2 aliphatic rings. The lowest BCUT2D eigenvalue weighted by Crippen LogP contribution is -2.44. The highest BCUT2D eigenvalue weighted by molar-refractivity contribution is 5.07. The van der Waals surface area contributed by atoms with Crippen molar-refractivity contribution in [2.75, 3.05) is 0 Å². The minimum absolute atomic E-state index is 0.179. The average Bonchev–Trinajstić information content (AvgIpc) is 2.96. The molecule has 0 saturated heterocycles. The fourth-order valence-corrected chi connectivity index (χ4v) is 2.84. The van der Waals surface area contributed by atoms with Gasteiger partial charge in [-0.3, -0.25) is 0 Å². The van der Waals surface area contributed by atoms with E-state index in [0.29, 0.717) is 0 Å². The summed E-state index contributed by atoms with van der Waals surface area (Å²) in [6, 6.07) is 0. The van der Waals surface area contributed by atoms with Crippen molar-refractivity contribution in [2.45, 2.75) is 63.3 Å². The smallest absolute Gasteiger partial charge is 0.231 e. The summed E-state index contributed by atoms with van der Waals surface area (Å²) < 4.78 is 5.43. The molecule has 17 heavy (non-hydrogen) atoms. The first kappa shape index (κ1) is 11.2. The van der Waals surface area contributed by atoms with Gasteiger partial charge in [-0.15, -0.1) is 0 Å². The first-order chi connectivity index (χ1) is 8.15. The Morgan fingerprint density at radius 2 is 2.18 bits per heavy atom. The van der Waals surface area contributed by atoms with Crippen LogP contribution in [0.1, 0.15) is 63.1 Å². The maximum absolute atomic E-state index is 6.35. The minimum Gasteiger partial charge on any atom is -0.339 e. The molecule has 0 spiro atoms. The van der Waals surface area contributed by atoms with E-state index in [-0.39, 0.29) is 11.5 Å². The molecule has 3 rings (SSSR count). The number of aromatic nitrogens is 2. The van der Waals surface area contributed by atoms with Gasteiger partial charge in [-0.05, 0) is 38.5 Å². The molecule has 2 saturated carbocycles. The standard InChI is InChI=1S/C13H21N3O/c1-13(14)7-3-2-4-10(13)12-15-11(16-17-12)8-9-5-6-9/h9-10H,2-8,14H2,1H3. The minimum atomic E-state index is -0.179. The molecule has 0 amide bonds. The largest absolute Gasteiger partial charge is 0.339 e. The molecule has 0 radical (unpaired) electrons. The summed E-state index contributed by atoms with van der Waals surface area (Å²) >= 11 is 0. The molecule has 2 unspecified atom stereocenters. The molecule has 0 aromatic carbocycles. The van der Waals surface area contributed by atoms with Crippen LogP contribution in [0.4, 0.5) is 0 Å². The highest BCUT2D eigenvalue weighted by atomic mass is 16.5. The van der Waals surface area contributed by atoms with E-state index in [1.54, 1.807) is 0 Å². The second-order valence-corrected chi connectivity index (χ2v) is 6.00. The Balaban J connectivity index is 1.75. The summed E-state index contributed by atoms with van der Waals surface area (Å²) in [5.74, 6) is 2.70. The van der Waals surface area contributed by atoms with Gasteiger partial charge in [0.25, 0.3) is 0 Å². The van der Waals surface area contributed by atoms with Crippen LogP contribution in [0.25, 0.3) is 0 Å². The van der Waals surface area contributed by atoms with E-state index in [1.165, 1.54) is 25.7 Å². The molecule has 2 N–H and O–H groups in total. The predicted octanol–water partition coefficient (Wildman–Crippen LogP) is 2.40. The van der Waals surface area contributed by atoms with Gasteiger partial charge in [-0.2, -0.15) is 4.98 Å². The molecule has 1 aromatic rings. The van der Waals surface area contributed by atoms with Crippen LogP contribution in [-0.2, 0) is 6.42 Å². The Labute approximate surface area is 102 Å². The van der Waals surface area contributed by atoms with E-state index in [0.717, 1.165) is 36.9 Å². The summed E-state index contributed by atoms with van der Waals surface area (Å²) in [4.78, 5) is 4.55. The molecule has 0 bridgehead atoms. The van der Waals surface area contributed by atoms with Crippen LogP contribution in [0.5, 0.6) is 0 Å². The molecule has 94 valence electrons. The third-order valence-electron chi connectivity index (χ3n) is 4.20. The highest BCUT2D eigenvalue weighted by Crippen LogP contribution is 2.38. The Morgan fingerprint density at radius 1 is 1.35 bits per heavy atom. The van der Waals surface area contributed by atoms with Crippen LogP contribution in [0, 0.1) is 5.92 Å². The van der Waals surface area contributed by atoms with Crippen molar-refractivity contribution in [3.8, 4) is 0 Å². The molecular formula is C13H21N3O. The molecule has 1 aromatic heterocycles. The lowest BCUT2D eigenvalue weighted by Gasteiger charge is -2.35. The van der Waals surface area contributed by atoms with Crippen LogP contribution in [-0.4, -0.2) is 15.7 Å². The normalized spacial score (nSPS) is 33.9. The number of nitrogens with zero attached hydrogens (tertiary/aromatic N) is 2. The lowest BCUT2D eigenvalue weighted by molar-refractivity contribution is 0.222. The van der Waals surface area contributed by atoms with Gasteiger partial charge in [-0.1, -0.05) is 18.0 Å². The molecule has 0 aliphatic heterocycles. The van der Waals surface area contributed by atoms with Crippen molar-refractivity contribution in [1.29, 1.82) is 0 Å². The van der Waals surface area contributed by atoms with Crippen molar-refractivity contribution in [2.24, 2.45) is 11.7 Å². The zero-order valence-corrected chi connectivity index (χ0v) is 10.5. The van der Waals surface area contributed by atoms with Gasteiger partial charge in [0.15, 0.2) is 5.82 Å². The van der Waals surface area contributed by atoms with Crippen molar-refractivity contribution in [3.63, 3.8) is 0 Å². The molecular weight excluding hydrogens is 214 g/mol. The second-order valence-electron chi connectivity index (χ2n) is 6.00. The van der Waals surface area contributed by atoms with Crippen LogP contribution < -0.4 is 5.73 Å². The summed E-state index contributed by atoms with van der Waals surface area (Å²) in [6.45, 7) is 2.11. The van der Waals surface area contributed by atoms with E-state index in [9.17, 15) is 0 Å². The van der Waals surface area contributed by atoms with Crippen molar-refractivity contribution < 1.29 is 4.52 Å². The SMILES string of the molecule is CC1(N)CCCCC1c1nc(CC2CC2)no1. The van der Waals surface area contributed by atoms with Crippen molar-refractivity contribution in [3.05, 3.63) is 11.7 Å². The van der Waals surface area contributed by atoms with E-state index in [2.05, 4.69) is 17.1 Å². The maximum atomic E-state index is 6.35. The highest BCUT2D eigenvalue weighted by Gasteiger charge is 2.37. The number of hydrogen-bond donors (Lipinski definition) is 1. The third kappa shape index (κ3) is 2.37. The van der Waals surface area contributed by atoms with Crippen molar-refractivity contribution in [1.82, 2.24) is 10.1 Å². The number of rotatable bonds is 3. The number of nitrogens with two attached hydrogens (primary N) is 1. The van der Waals surface area contributed by atoms with Gasteiger partial charge in [0, 0.05) is 12.0 Å². The van der Waals surface area contributed by atoms with Crippen LogP contribution in [0.2, 0.25) is 0 Å². The van der Waals surface area contributed by atoms with E-state index in [1.807, 2.05) is 0 Å². The lowest BCUT2D eigenvalue weighted by atomic mass is 9.74. The van der Waals surface area contributed by atoms with Crippen LogP contribution in [0.3, 0.4) is 0 Å². The maximum Gasteiger partial charge on any atom is 0.231 e. The van der Waals surface area contributed by atoms with Gasteiger partial charge in [0.1, 0.15) is 0 Å². The van der Waals surface area contributed by atoms with E-state index in [4.69, 9.17) is 10.3 Å². The van der Waals surface area contributed by atoms with Gasteiger partial charge in [-0.25, -0.2) is 0 Å². The molecule has 2 atom stereocenters. The summed E-state index contributed by atoms with van der Waals surface area (Å²) in [7, 11) is 0. The predicted molar refractivity (Wildman–Crippen MR) is 64.5 cm³/mol. The van der Waals surface area contributed by atoms with Crippen LogP contribution in [0.15, 0.2) is 4.52 Å². The Morgan fingerprint density at radius 3 is 2.88 bits per heavy atom. The molecule has 1 heterocycles. The summed E-state index contributed by atoms with van der Waals surface area (Å²) in [6.07, 6.45) is 8.20. The number of hydrogen-bond acceptors (Lipinski definition) is 4. The first-order valence-corrected chi connectivity index (χ1v) is 6.76. The zero-order chi connectivity index (χ0) is 11.9. The van der Waals surface area contributed by atoms with Gasteiger partial charge in [0.05, 0.1) is 5.92 Å². The molecule has 2 fully saturated rings. The fraction of sp³-hybridized carbons (Fsp3) is 0.846. The topological polar surface area (TPSA) is 64.9 Å². The van der Waals surface area contributed by atoms with Gasteiger partial charge < -0.3 is 10.3 Å². The van der Waals surface area contributed by atoms with E-state index >= 15 is 0 Å².